The molecule has 0 saturated heterocycles. The number of aliphatic hydroxyl groups excluding tert-OH is 1. The van der Waals surface area contributed by atoms with Gasteiger partial charge in [-0.15, -0.1) is 6.58 Å². The minimum Gasteiger partial charge on any atom is -0.388 e. The number of ketones is 1. The van der Waals surface area contributed by atoms with Crippen LogP contribution in [-0.4, -0.2) is 17.0 Å². The molecule has 1 N–H and O–H groups in total. The summed E-state index contributed by atoms with van der Waals surface area (Å²) in [5.74, 6) is 0.385. The topological polar surface area (TPSA) is 37.3 Å². The number of aliphatic hydroxyl groups is 1. The van der Waals surface area contributed by atoms with Gasteiger partial charge in [-0.2, -0.15) is 0 Å². The number of carbonyl (C=O) groups excluding carboxylic acids is 1. The lowest BCUT2D eigenvalue weighted by Crippen LogP contribution is -2.36. The van der Waals surface area contributed by atoms with E-state index in [1.807, 2.05) is 0 Å². The number of hydrogen-bond acceptors (Lipinski definition) is 2. The third-order valence-electron chi connectivity index (χ3n) is 3.01. The van der Waals surface area contributed by atoms with Crippen molar-refractivity contribution in [2.75, 3.05) is 0 Å². The first-order valence-corrected chi connectivity index (χ1v) is 5.04. The molecule has 0 heterocycles. The van der Waals surface area contributed by atoms with Crippen molar-refractivity contribution in [3.05, 3.63) is 12.7 Å². The molecular weight excluding hydrogens is 164 g/mol. The van der Waals surface area contributed by atoms with Gasteiger partial charge >= 0.3 is 0 Å². The standard InChI is InChI=1S/C11H18O2/c1-3-8-6-5-7-10(13)11(8)9(12)4-2/h4,8-9,11-12H,2-3,5-7H2,1H3/t8-,9+,11-/m0/s1. The predicted octanol–water partition coefficient (Wildman–Crippen LogP) is 1.93. The summed E-state index contributed by atoms with van der Waals surface area (Å²) in [4.78, 5) is 11.6. The third-order valence-corrected chi connectivity index (χ3v) is 3.01. The van der Waals surface area contributed by atoms with Gasteiger partial charge in [-0.25, -0.2) is 0 Å². The van der Waals surface area contributed by atoms with Crippen molar-refractivity contribution in [3.63, 3.8) is 0 Å². The number of rotatable bonds is 3. The van der Waals surface area contributed by atoms with Crippen molar-refractivity contribution in [3.8, 4) is 0 Å². The predicted molar refractivity (Wildman–Crippen MR) is 52.3 cm³/mol. The molecule has 0 unspecified atom stereocenters. The second kappa shape index (κ2) is 4.56. The molecule has 1 fully saturated rings. The maximum atomic E-state index is 11.6. The first kappa shape index (κ1) is 10.5. The minimum atomic E-state index is -0.641. The van der Waals surface area contributed by atoms with E-state index in [1.165, 1.54) is 6.08 Å². The van der Waals surface area contributed by atoms with Crippen LogP contribution in [0, 0.1) is 11.8 Å². The van der Waals surface area contributed by atoms with Crippen molar-refractivity contribution in [1.29, 1.82) is 0 Å². The van der Waals surface area contributed by atoms with Gasteiger partial charge in [0.2, 0.25) is 0 Å². The van der Waals surface area contributed by atoms with Crippen LogP contribution in [0.25, 0.3) is 0 Å². The smallest absolute Gasteiger partial charge is 0.139 e. The maximum absolute atomic E-state index is 11.6. The van der Waals surface area contributed by atoms with E-state index in [0.29, 0.717) is 12.3 Å². The Bertz CT molecular complexity index is 198. The van der Waals surface area contributed by atoms with Crippen LogP contribution in [0.3, 0.4) is 0 Å². The first-order valence-electron chi connectivity index (χ1n) is 5.04. The zero-order valence-electron chi connectivity index (χ0n) is 8.20. The highest BCUT2D eigenvalue weighted by Gasteiger charge is 2.34. The van der Waals surface area contributed by atoms with Gasteiger partial charge in [0.05, 0.1) is 12.0 Å². The van der Waals surface area contributed by atoms with Gasteiger partial charge in [0.1, 0.15) is 5.78 Å². The molecule has 74 valence electrons. The van der Waals surface area contributed by atoms with Crippen molar-refractivity contribution >= 4 is 5.78 Å². The molecule has 0 spiro atoms. The lowest BCUT2D eigenvalue weighted by Gasteiger charge is -2.31. The maximum Gasteiger partial charge on any atom is 0.139 e. The van der Waals surface area contributed by atoms with Crippen molar-refractivity contribution < 1.29 is 9.90 Å². The SMILES string of the molecule is C=C[C@@H](O)[C@H]1C(=O)CCC[C@@H]1CC. The van der Waals surface area contributed by atoms with Crippen molar-refractivity contribution in [2.45, 2.75) is 38.7 Å². The number of carbonyl (C=O) groups is 1. The summed E-state index contributed by atoms with van der Waals surface area (Å²) in [6.07, 6.45) is 4.50. The Hall–Kier alpha value is -0.630. The van der Waals surface area contributed by atoms with Crippen LogP contribution >= 0.6 is 0 Å². The Morgan fingerprint density at radius 3 is 3.00 bits per heavy atom. The largest absolute Gasteiger partial charge is 0.388 e. The monoisotopic (exact) mass is 182 g/mol. The normalized spacial score (nSPS) is 31.4. The molecule has 3 atom stereocenters. The average Bonchev–Trinajstić information content (AvgIpc) is 2.16. The van der Waals surface area contributed by atoms with E-state index in [-0.39, 0.29) is 11.7 Å². The molecule has 0 aromatic rings. The highest BCUT2D eigenvalue weighted by atomic mass is 16.3. The lowest BCUT2D eigenvalue weighted by molar-refractivity contribution is -0.130. The summed E-state index contributed by atoms with van der Waals surface area (Å²) < 4.78 is 0. The molecule has 2 heteroatoms. The van der Waals surface area contributed by atoms with Gasteiger partial charge in [-0.1, -0.05) is 19.4 Å². The summed E-state index contributed by atoms with van der Waals surface area (Å²) in [6, 6.07) is 0. The zero-order chi connectivity index (χ0) is 9.84. The van der Waals surface area contributed by atoms with Crippen molar-refractivity contribution in [1.82, 2.24) is 0 Å². The Morgan fingerprint density at radius 1 is 1.77 bits per heavy atom. The second-order valence-corrected chi connectivity index (χ2v) is 3.78. The number of Topliss-reactive ketones (excluding diaryl/α,β-unsaturated/α-hetero) is 1. The molecule has 1 aliphatic carbocycles. The molecule has 0 amide bonds. The summed E-state index contributed by atoms with van der Waals surface area (Å²) in [5, 5.41) is 9.62. The molecule has 13 heavy (non-hydrogen) atoms. The summed E-state index contributed by atoms with van der Waals surface area (Å²) in [5.41, 5.74) is 0. The van der Waals surface area contributed by atoms with Gasteiger partial charge in [-0.3, -0.25) is 4.79 Å². The first-order chi connectivity index (χ1) is 6.20. The van der Waals surface area contributed by atoms with Gasteiger partial charge in [-0.05, 0) is 18.8 Å². The Labute approximate surface area is 79.6 Å². The molecule has 0 aromatic carbocycles. The summed E-state index contributed by atoms with van der Waals surface area (Å²) in [7, 11) is 0. The third kappa shape index (κ3) is 2.19. The summed E-state index contributed by atoms with van der Waals surface area (Å²) in [6.45, 7) is 5.61. The van der Waals surface area contributed by atoms with Crippen LogP contribution < -0.4 is 0 Å². The fourth-order valence-corrected chi connectivity index (χ4v) is 2.22. The number of hydrogen-bond donors (Lipinski definition) is 1. The Morgan fingerprint density at radius 2 is 2.46 bits per heavy atom. The Kier molecular flexibility index (Phi) is 3.67. The van der Waals surface area contributed by atoms with E-state index >= 15 is 0 Å². The highest BCUT2D eigenvalue weighted by molar-refractivity contribution is 5.82. The van der Waals surface area contributed by atoms with Crippen LogP contribution in [0.1, 0.15) is 32.6 Å². The summed E-state index contributed by atoms with van der Waals surface area (Å²) >= 11 is 0. The van der Waals surface area contributed by atoms with Gasteiger partial charge < -0.3 is 5.11 Å². The van der Waals surface area contributed by atoms with E-state index in [4.69, 9.17) is 0 Å². The van der Waals surface area contributed by atoms with E-state index in [1.54, 1.807) is 0 Å². The zero-order valence-corrected chi connectivity index (χ0v) is 8.20. The van der Waals surface area contributed by atoms with E-state index in [0.717, 1.165) is 19.3 Å². The molecule has 1 aliphatic rings. The van der Waals surface area contributed by atoms with Crippen LogP contribution in [0.4, 0.5) is 0 Å². The van der Waals surface area contributed by atoms with Crippen LogP contribution in [0.15, 0.2) is 12.7 Å². The van der Waals surface area contributed by atoms with Gasteiger partial charge in [0.15, 0.2) is 0 Å². The van der Waals surface area contributed by atoms with Gasteiger partial charge in [0, 0.05) is 6.42 Å². The molecule has 2 nitrogen and oxygen atoms in total. The fraction of sp³-hybridized carbons (Fsp3) is 0.727. The van der Waals surface area contributed by atoms with Crippen LogP contribution in [-0.2, 0) is 4.79 Å². The molecular formula is C11H18O2. The van der Waals surface area contributed by atoms with Crippen LogP contribution in [0.5, 0.6) is 0 Å². The van der Waals surface area contributed by atoms with E-state index in [9.17, 15) is 9.90 Å². The van der Waals surface area contributed by atoms with E-state index < -0.39 is 6.10 Å². The molecule has 1 saturated carbocycles. The highest BCUT2D eigenvalue weighted by Crippen LogP contribution is 2.32. The van der Waals surface area contributed by atoms with Gasteiger partial charge in [0.25, 0.3) is 0 Å². The average molecular weight is 182 g/mol. The Balaban J connectivity index is 2.72. The van der Waals surface area contributed by atoms with Crippen molar-refractivity contribution in [2.24, 2.45) is 11.8 Å². The fourth-order valence-electron chi connectivity index (χ4n) is 2.22. The van der Waals surface area contributed by atoms with Crippen LogP contribution in [0.2, 0.25) is 0 Å². The molecule has 0 aliphatic heterocycles. The minimum absolute atomic E-state index is 0.184. The molecule has 0 bridgehead atoms. The van der Waals surface area contributed by atoms with E-state index in [2.05, 4.69) is 13.5 Å². The molecule has 0 radical (unpaired) electrons. The molecule has 1 rings (SSSR count). The lowest BCUT2D eigenvalue weighted by atomic mass is 9.74. The second-order valence-electron chi connectivity index (χ2n) is 3.78. The molecule has 0 aromatic heterocycles. The quantitative estimate of drug-likeness (QED) is 0.677.